The Kier molecular flexibility index (Phi) is 8.68. The molecule has 8 nitrogen and oxygen atoms in total. The molecule has 9 heteroatoms. The molecular weight excluding hydrogens is 405 g/mol. The largest absolute Gasteiger partial charge is 0.482 e. The van der Waals surface area contributed by atoms with Crippen molar-refractivity contribution in [2.75, 3.05) is 13.7 Å². The van der Waals surface area contributed by atoms with Crippen molar-refractivity contribution in [3.63, 3.8) is 0 Å². The monoisotopic (exact) mass is 429 g/mol. The predicted octanol–water partition coefficient (Wildman–Crippen LogP) is 2.28. The first-order valence-corrected chi connectivity index (χ1v) is 9.49. The van der Waals surface area contributed by atoms with Crippen LogP contribution >= 0.6 is 0 Å². The maximum absolute atomic E-state index is 13.8. The summed E-state index contributed by atoms with van der Waals surface area (Å²) in [6.45, 7) is 3.26. The predicted molar refractivity (Wildman–Crippen MR) is 112 cm³/mol. The van der Waals surface area contributed by atoms with Gasteiger partial charge in [0.25, 0.3) is 11.8 Å². The number of amides is 2. The highest BCUT2D eigenvalue weighted by molar-refractivity contribution is 5.98. The fourth-order valence-corrected chi connectivity index (χ4v) is 2.53. The van der Waals surface area contributed by atoms with Crippen molar-refractivity contribution in [2.24, 2.45) is 11.0 Å². The number of rotatable bonds is 9. The van der Waals surface area contributed by atoms with Gasteiger partial charge in [0, 0.05) is 0 Å². The molecule has 2 amide bonds. The summed E-state index contributed by atoms with van der Waals surface area (Å²) >= 11 is 0. The molecule has 2 aromatic rings. The second-order valence-electron chi connectivity index (χ2n) is 6.85. The molecule has 0 aromatic heterocycles. The molecule has 0 aliphatic rings. The number of ether oxygens (including phenoxy) is 2. The fraction of sp³-hybridized carbons (Fsp3) is 0.273. The number of nitrogens with zero attached hydrogens (tertiary/aromatic N) is 1. The van der Waals surface area contributed by atoms with Crippen molar-refractivity contribution in [2.45, 2.75) is 19.9 Å². The van der Waals surface area contributed by atoms with Crippen LogP contribution in [0.25, 0.3) is 0 Å². The molecule has 0 radical (unpaired) electrons. The van der Waals surface area contributed by atoms with Gasteiger partial charge in [-0.15, -0.1) is 0 Å². The topological polar surface area (TPSA) is 106 Å². The zero-order valence-corrected chi connectivity index (χ0v) is 17.4. The molecule has 0 spiro atoms. The van der Waals surface area contributed by atoms with Crippen molar-refractivity contribution in [1.29, 1.82) is 0 Å². The number of hydrazone groups is 1. The fourth-order valence-electron chi connectivity index (χ4n) is 2.53. The lowest BCUT2D eigenvalue weighted by Gasteiger charge is -2.20. The Morgan fingerprint density at radius 3 is 2.55 bits per heavy atom. The molecule has 0 saturated carbocycles. The highest BCUT2D eigenvalue weighted by Gasteiger charge is 2.25. The molecule has 0 bridgehead atoms. The lowest BCUT2D eigenvalue weighted by Crippen LogP contribution is -2.48. The maximum Gasteiger partial charge on any atom is 0.343 e. The highest BCUT2D eigenvalue weighted by atomic mass is 19.1. The summed E-state index contributed by atoms with van der Waals surface area (Å²) < 4.78 is 23.6. The van der Waals surface area contributed by atoms with E-state index in [0.29, 0.717) is 11.3 Å². The zero-order valence-electron chi connectivity index (χ0n) is 17.4. The second-order valence-corrected chi connectivity index (χ2v) is 6.85. The SMILES string of the molecule is COC(=O)COc1cccc(C=NNC(=O)C(NC(=O)c2ccccc2F)C(C)C)c1. The molecule has 2 rings (SSSR count). The van der Waals surface area contributed by atoms with Gasteiger partial charge in [0.1, 0.15) is 17.6 Å². The Bertz CT molecular complexity index is 962. The van der Waals surface area contributed by atoms with Crippen molar-refractivity contribution in [1.82, 2.24) is 10.7 Å². The van der Waals surface area contributed by atoms with E-state index in [4.69, 9.17) is 4.74 Å². The number of methoxy groups -OCH3 is 1. The van der Waals surface area contributed by atoms with Gasteiger partial charge in [-0.2, -0.15) is 5.10 Å². The van der Waals surface area contributed by atoms with E-state index in [1.54, 1.807) is 38.1 Å². The van der Waals surface area contributed by atoms with Crippen LogP contribution in [0.5, 0.6) is 5.75 Å². The Morgan fingerprint density at radius 1 is 1.13 bits per heavy atom. The van der Waals surface area contributed by atoms with Crippen molar-refractivity contribution in [3.8, 4) is 5.75 Å². The molecule has 31 heavy (non-hydrogen) atoms. The molecule has 0 aliphatic carbocycles. The van der Waals surface area contributed by atoms with Gasteiger partial charge in [0.15, 0.2) is 6.61 Å². The summed E-state index contributed by atoms with van der Waals surface area (Å²) in [5, 5.41) is 6.43. The Morgan fingerprint density at radius 2 is 1.87 bits per heavy atom. The number of hydrogen-bond donors (Lipinski definition) is 2. The lowest BCUT2D eigenvalue weighted by molar-refractivity contribution is -0.142. The molecule has 0 aliphatic heterocycles. The lowest BCUT2D eigenvalue weighted by atomic mass is 10.0. The van der Waals surface area contributed by atoms with Crippen LogP contribution in [0.2, 0.25) is 0 Å². The van der Waals surface area contributed by atoms with E-state index in [0.717, 1.165) is 0 Å². The molecule has 2 N–H and O–H groups in total. The summed E-state index contributed by atoms with van der Waals surface area (Å²) in [6, 6.07) is 11.3. The van der Waals surface area contributed by atoms with E-state index < -0.39 is 29.6 Å². The third-order valence-electron chi connectivity index (χ3n) is 4.19. The number of halogens is 1. The van der Waals surface area contributed by atoms with Crippen LogP contribution in [0.1, 0.15) is 29.8 Å². The van der Waals surface area contributed by atoms with Crippen LogP contribution in [0.3, 0.4) is 0 Å². The van der Waals surface area contributed by atoms with Crippen LogP contribution in [0.15, 0.2) is 53.6 Å². The van der Waals surface area contributed by atoms with Gasteiger partial charge in [-0.25, -0.2) is 14.6 Å². The Labute approximate surface area is 179 Å². The van der Waals surface area contributed by atoms with Gasteiger partial charge in [-0.1, -0.05) is 38.1 Å². The zero-order chi connectivity index (χ0) is 22.8. The summed E-state index contributed by atoms with van der Waals surface area (Å²) in [5.41, 5.74) is 2.84. The van der Waals surface area contributed by atoms with Crippen molar-refractivity contribution < 1.29 is 28.2 Å². The molecule has 0 heterocycles. The summed E-state index contributed by atoms with van der Waals surface area (Å²) in [5.74, 6) is -2.25. The van der Waals surface area contributed by atoms with Gasteiger partial charge in [-0.05, 0) is 35.7 Å². The van der Waals surface area contributed by atoms with E-state index in [-0.39, 0.29) is 18.1 Å². The minimum atomic E-state index is -0.918. The average Bonchev–Trinajstić information content (AvgIpc) is 2.75. The molecule has 164 valence electrons. The molecule has 2 aromatic carbocycles. The van der Waals surface area contributed by atoms with Crippen molar-refractivity contribution >= 4 is 24.0 Å². The first kappa shape index (κ1) is 23.5. The number of nitrogens with one attached hydrogen (secondary N) is 2. The van der Waals surface area contributed by atoms with E-state index in [1.807, 2.05) is 0 Å². The normalized spacial score (nSPS) is 11.8. The smallest absolute Gasteiger partial charge is 0.343 e. The molecule has 1 unspecified atom stereocenters. The number of benzene rings is 2. The minimum Gasteiger partial charge on any atom is -0.482 e. The minimum absolute atomic E-state index is 0.145. The van der Waals surface area contributed by atoms with Crippen LogP contribution in [-0.2, 0) is 14.3 Å². The Balaban J connectivity index is 1.98. The van der Waals surface area contributed by atoms with E-state index in [1.165, 1.54) is 37.6 Å². The van der Waals surface area contributed by atoms with E-state index >= 15 is 0 Å². The van der Waals surface area contributed by atoms with Gasteiger partial charge in [0.2, 0.25) is 0 Å². The maximum atomic E-state index is 13.8. The van der Waals surface area contributed by atoms with Crippen LogP contribution in [0, 0.1) is 11.7 Å². The highest BCUT2D eigenvalue weighted by Crippen LogP contribution is 2.12. The standard InChI is InChI=1S/C22H24FN3O5/c1-14(2)20(25-21(28)17-9-4-5-10-18(17)23)22(29)26-24-12-15-7-6-8-16(11-15)31-13-19(27)30-3/h4-12,14,20H,13H2,1-3H3,(H,25,28)(H,26,29). The first-order valence-electron chi connectivity index (χ1n) is 9.49. The summed E-state index contributed by atoms with van der Waals surface area (Å²) in [7, 11) is 1.26. The van der Waals surface area contributed by atoms with Gasteiger partial charge in [0.05, 0.1) is 18.9 Å². The summed E-state index contributed by atoms with van der Waals surface area (Å²) in [4.78, 5) is 36.0. The van der Waals surface area contributed by atoms with Crippen LogP contribution in [0.4, 0.5) is 4.39 Å². The van der Waals surface area contributed by atoms with E-state index in [9.17, 15) is 18.8 Å². The first-order chi connectivity index (χ1) is 14.8. The van der Waals surface area contributed by atoms with Crippen molar-refractivity contribution in [3.05, 3.63) is 65.5 Å². The number of carbonyl (C=O) groups excluding carboxylic acids is 3. The number of carbonyl (C=O) groups is 3. The van der Waals surface area contributed by atoms with E-state index in [2.05, 4.69) is 20.6 Å². The molecule has 1 atom stereocenters. The third kappa shape index (κ3) is 7.22. The van der Waals surface area contributed by atoms with Crippen LogP contribution < -0.4 is 15.5 Å². The van der Waals surface area contributed by atoms with Gasteiger partial charge in [-0.3, -0.25) is 9.59 Å². The van der Waals surface area contributed by atoms with Gasteiger partial charge < -0.3 is 14.8 Å². The summed E-state index contributed by atoms with van der Waals surface area (Å²) in [6.07, 6.45) is 1.39. The molecule has 0 saturated heterocycles. The van der Waals surface area contributed by atoms with Crippen LogP contribution in [-0.4, -0.2) is 43.8 Å². The average molecular weight is 429 g/mol. The third-order valence-corrected chi connectivity index (χ3v) is 4.19. The molecular formula is C22H24FN3O5. The second kappa shape index (κ2) is 11.4. The number of hydrogen-bond acceptors (Lipinski definition) is 6. The molecule has 0 fully saturated rings. The Hall–Kier alpha value is -3.75. The number of esters is 1. The quantitative estimate of drug-likeness (QED) is 0.361. The van der Waals surface area contributed by atoms with Gasteiger partial charge >= 0.3 is 5.97 Å².